The summed E-state index contributed by atoms with van der Waals surface area (Å²) in [6, 6.07) is 14.0. The quantitative estimate of drug-likeness (QED) is 0.352. The van der Waals surface area contributed by atoms with Crippen molar-refractivity contribution < 1.29 is 23.0 Å². The van der Waals surface area contributed by atoms with Gasteiger partial charge in [0.25, 0.3) is 0 Å². The number of pyridine rings is 1. The molecule has 4 aromatic rings. The van der Waals surface area contributed by atoms with Crippen LogP contribution in [0.2, 0.25) is 0 Å². The Labute approximate surface area is 200 Å². The minimum absolute atomic E-state index is 0.00202. The van der Waals surface area contributed by atoms with Gasteiger partial charge in [-0.2, -0.15) is 23.1 Å². The number of nitrogens with zero attached hydrogens (tertiary/aromatic N) is 4. The Balaban J connectivity index is 1.39. The number of rotatable bonds is 4. The molecular formula is C26H23F3N4O2. The molecule has 1 unspecified atom stereocenters. The van der Waals surface area contributed by atoms with Crippen molar-refractivity contribution in [3.05, 3.63) is 72.1 Å². The third kappa shape index (κ3) is 4.71. The molecule has 1 aliphatic heterocycles. The lowest BCUT2D eigenvalue weighted by atomic mass is 9.96. The van der Waals surface area contributed by atoms with Gasteiger partial charge in [-0.25, -0.2) is 0 Å². The average Bonchev–Trinajstić information content (AvgIpc) is 3.05. The van der Waals surface area contributed by atoms with E-state index in [1.807, 2.05) is 12.1 Å². The minimum atomic E-state index is -4.27. The van der Waals surface area contributed by atoms with Crippen LogP contribution >= 0.6 is 0 Å². The SMILES string of the molecule is CC(c1ccc2c(c1)CCCCN2c1ccc(Oc2nc(O)c3ccncc3n2)cc1)C(F)(F)F. The first-order valence-corrected chi connectivity index (χ1v) is 11.4. The largest absolute Gasteiger partial charge is 0.493 e. The molecule has 0 aliphatic carbocycles. The highest BCUT2D eigenvalue weighted by Gasteiger charge is 2.37. The second-order valence-electron chi connectivity index (χ2n) is 8.58. The van der Waals surface area contributed by atoms with Gasteiger partial charge in [-0.3, -0.25) is 4.98 Å². The molecular weight excluding hydrogens is 457 g/mol. The maximum absolute atomic E-state index is 13.2. The first kappa shape index (κ1) is 22.9. The molecule has 35 heavy (non-hydrogen) atoms. The Kier molecular flexibility index (Phi) is 5.92. The van der Waals surface area contributed by atoms with Crippen molar-refractivity contribution in [2.75, 3.05) is 11.4 Å². The van der Waals surface area contributed by atoms with E-state index in [0.717, 1.165) is 42.7 Å². The molecule has 0 bridgehead atoms. The molecule has 5 rings (SSSR count). The fourth-order valence-electron chi connectivity index (χ4n) is 4.29. The topological polar surface area (TPSA) is 71.4 Å². The van der Waals surface area contributed by atoms with Gasteiger partial charge in [0.05, 0.1) is 23.0 Å². The molecule has 1 aliphatic rings. The van der Waals surface area contributed by atoms with E-state index in [1.54, 1.807) is 42.6 Å². The number of aromatic hydroxyl groups is 1. The first-order valence-electron chi connectivity index (χ1n) is 11.4. The zero-order valence-corrected chi connectivity index (χ0v) is 19.0. The molecule has 180 valence electrons. The Morgan fingerprint density at radius 2 is 1.83 bits per heavy atom. The summed E-state index contributed by atoms with van der Waals surface area (Å²) in [6.07, 6.45) is 1.37. The number of aromatic nitrogens is 3. The van der Waals surface area contributed by atoms with Crippen LogP contribution in [0.1, 0.15) is 36.8 Å². The highest BCUT2D eigenvalue weighted by molar-refractivity contribution is 5.82. The monoisotopic (exact) mass is 480 g/mol. The van der Waals surface area contributed by atoms with Gasteiger partial charge in [0.2, 0.25) is 5.88 Å². The maximum Gasteiger partial charge on any atom is 0.395 e. The summed E-state index contributed by atoms with van der Waals surface area (Å²) in [6.45, 7) is 1.96. The molecule has 0 saturated heterocycles. The summed E-state index contributed by atoms with van der Waals surface area (Å²) in [4.78, 5) is 14.4. The van der Waals surface area contributed by atoms with E-state index in [2.05, 4.69) is 19.9 Å². The van der Waals surface area contributed by atoms with Crippen LogP contribution in [0.15, 0.2) is 60.9 Å². The van der Waals surface area contributed by atoms with Crippen molar-refractivity contribution in [2.45, 2.75) is 38.3 Å². The second kappa shape index (κ2) is 9.05. The van der Waals surface area contributed by atoms with Crippen LogP contribution < -0.4 is 9.64 Å². The molecule has 0 amide bonds. The summed E-state index contributed by atoms with van der Waals surface area (Å²) >= 11 is 0. The molecule has 9 heteroatoms. The van der Waals surface area contributed by atoms with Gasteiger partial charge in [-0.05, 0) is 73.7 Å². The van der Waals surface area contributed by atoms with Crippen molar-refractivity contribution in [3.63, 3.8) is 0 Å². The highest BCUT2D eigenvalue weighted by Crippen LogP contribution is 2.39. The molecule has 6 nitrogen and oxygen atoms in total. The predicted molar refractivity (Wildman–Crippen MR) is 126 cm³/mol. The zero-order valence-electron chi connectivity index (χ0n) is 19.0. The standard InChI is InChI=1S/C26H23F3N4O2/c1-16(26(27,28)29)17-5-10-23-18(14-17)4-2-3-13-33(23)19-6-8-20(9-7-19)35-25-31-22-15-30-12-11-21(22)24(34)32-25/h5-12,14-16H,2-4,13H2,1H3,(H,31,32,34). The molecule has 1 N–H and O–H groups in total. The number of halogens is 3. The normalized spacial score (nSPS) is 14.9. The molecule has 0 fully saturated rings. The van der Waals surface area contributed by atoms with Gasteiger partial charge in [-0.15, -0.1) is 0 Å². The predicted octanol–water partition coefficient (Wildman–Crippen LogP) is 6.66. The first-order chi connectivity index (χ1) is 16.8. The number of benzene rings is 2. The lowest BCUT2D eigenvalue weighted by Crippen LogP contribution is -2.20. The number of fused-ring (bicyclic) bond motifs is 2. The highest BCUT2D eigenvalue weighted by atomic mass is 19.4. The smallest absolute Gasteiger partial charge is 0.395 e. The van der Waals surface area contributed by atoms with Gasteiger partial charge >= 0.3 is 12.2 Å². The van der Waals surface area contributed by atoms with E-state index in [0.29, 0.717) is 16.7 Å². The van der Waals surface area contributed by atoms with Crippen molar-refractivity contribution in [1.82, 2.24) is 15.0 Å². The molecule has 2 aromatic heterocycles. The van der Waals surface area contributed by atoms with Gasteiger partial charge in [0.1, 0.15) is 5.75 Å². The third-order valence-corrected chi connectivity index (χ3v) is 6.28. The summed E-state index contributed by atoms with van der Waals surface area (Å²) in [5.74, 6) is -1.21. The van der Waals surface area contributed by atoms with E-state index in [-0.39, 0.29) is 17.5 Å². The van der Waals surface area contributed by atoms with Crippen LogP contribution in [0.5, 0.6) is 17.6 Å². The Bertz CT molecular complexity index is 1360. The van der Waals surface area contributed by atoms with Crippen LogP contribution in [0.25, 0.3) is 10.9 Å². The average molecular weight is 480 g/mol. The molecule has 0 radical (unpaired) electrons. The summed E-state index contributed by atoms with van der Waals surface area (Å²) in [7, 11) is 0. The molecule has 0 saturated carbocycles. The number of alkyl halides is 3. The fourth-order valence-corrected chi connectivity index (χ4v) is 4.29. The molecule has 2 aromatic carbocycles. The van der Waals surface area contributed by atoms with Gasteiger partial charge < -0.3 is 14.7 Å². The van der Waals surface area contributed by atoms with Gasteiger partial charge in [-0.1, -0.05) is 12.1 Å². The Hall–Kier alpha value is -3.88. The maximum atomic E-state index is 13.2. The fraction of sp³-hybridized carbons (Fsp3) is 0.269. The van der Waals surface area contributed by atoms with Crippen molar-refractivity contribution in [1.29, 1.82) is 0 Å². The van der Waals surface area contributed by atoms with E-state index in [4.69, 9.17) is 4.74 Å². The Morgan fingerprint density at radius 1 is 1.03 bits per heavy atom. The van der Waals surface area contributed by atoms with Crippen molar-refractivity contribution in [2.24, 2.45) is 0 Å². The van der Waals surface area contributed by atoms with Crippen LogP contribution in [0.4, 0.5) is 24.5 Å². The van der Waals surface area contributed by atoms with Crippen LogP contribution in [0.3, 0.4) is 0 Å². The van der Waals surface area contributed by atoms with E-state index < -0.39 is 12.1 Å². The van der Waals surface area contributed by atoms with Gasteiger partial charge in [0.15, 0.2) is 0 Å². The lowest BCUT2D eigenvalue weighted by Gasteiger charge is -2.26. The van der Waals surface area contributed by atoms with E-state index in [9.17, 15) is 18.3 Å². The third-order valence-electron chi connectivity index (χ3n) is 6.28. The van der Waals surface area contributed by atoms with E-state index >= 15 is 0 Å². The van der Waals surface area contributed by atoms with Crippen LogP contribution in [0, 0.1) is 0 Å². The lowest BCUT2D eigenvalue weighted by molar-refractivity contribution is -0.146. The summed E-state index contributed by atoms with van der Waals surface area (Å²) in [5.41, 5.74) is 3.50. The molecule has 3 heterocycles. The molecule has 0 spiro atoms. The summed E-state index contributed by atoms with van der Waals surface area (Å²) in [5, 5.41) is 10.6. The summed E-state index contributed by atoms with van der Waals surface area (Å²) < 4.78 is 45.4. The molecule has 1 atom stereocenters. The number of anilines is 2. The van der Waals surface area contributed by atoms with Crippen LogP contribution in [-0.2, 0) is 6.42 Å². The van der Waals surface area contributed by atoms with Crippen LogP contribution in [-0.4, -0.2) is 32.8 Å². The number of hydrogen-bond acceptors (Lipinski definition) is 6. The minimum Gasteiger partial charge on any atom is -0.493 e. The number of hydrogen-bond donors (Lipinski definition) is 1. The van der Waals surface area contributed by atoms with Crippen molar-refractivity contribution >= 4 is 22.3 Å². The second-order valence-corrected chi connectivity index (χ2v) is 8.58. The van der Waals surface area contributed by atoms with Gasteiger partial charge in [0, 0.05) is 24.1 Å². The Morgan fingerprint density at radius 3 is 2.60 bits per heavy atom. The number of ether oxygens (including phenoxy) is 1. The zero-order chi connectivity index (χ0) is 24.6. The van der Waals surface area contributed by atoms with E-state index in [1.165, 1.54) is 13.1 Å². The van der Waals surface area contributed by atoms with Crippen molar-refractivity contribution in [3.8, 4) is 17.6 Å². The number of aryl methyl sites for hydroxylation is 1.